The van der Waals surface area contributed by atoms with Crippen molar-refractivity contribution in [2.75, 3.05) is 13.6 Å². The highest BCUT2D eigenvalue weighted by molar-refractivity contribution is 5.97. The molecule has 2 unspecified atom stereocenters. The van der Waals surface area contributed by atoms with Gasteiger partial charge in [-0.1, -0.05) is 24.6 Å². The average molecular weight is 324 g/mol. The summed E-state index contributed by atoms with van der Waals surface area (Å²) in [5.74, 6) is 0.197. The predicted molar refractivity (Wildman–Crippen MR) is 94.7 cm³/mol. The van der Waals surface area contributed by atoms with Gasteiger partial charge in [-0.05, 0) is 43.5 Å². The lowest BCUT2D eigenvalue weighted by atomic mass is 9.98. The average Bonchev–Trinajstić information content (AvgIpc) is 3.00. The monoisotopic (exact) mass is 324 g/mol. The van der Waals surface area contributed by atoms with E-state index in [4.69, 9.17) is 0 Å². The normalized spacial score (nSPS) is 20.1. The fourth-order valence-corrected chi connectivity index (χ4v) is 3.54. The molecular weight excluding hydrogens is 300 g/mol. The molecule has 126 valence electrons. The van der Waals surface area contributed by atoms with Gasteiger partial charge in [0.2, 0.25) is 0 Å². The molecule has 2 aromatic rings. The Kier molecular flexibility index (Phi) is 4.95. The second-order valence-electron chi connectivity index (χ2n) is 6.64. The maximum absolute atomic E-state index is 12.9. The summed E-state index contributed by atoms with van der Waals surface area (Å²) in [4.78, 5) is 19.0. The van der Waals surface area contributed by atoms with Crippen molar-refractivity contribution in [2.24, 2.45) is 5.92 Å². The summed E-state index contributed by atoms with van der Waals surface area (Å²) in [6.07, 6.45) is 4.37. The summed E-state index contributed by atoms with van der Waals surface area (Å²) in [6, 6.07) is 11.6. The highest BCUT2D eigenvalue weighted by atomic mass is 16.3. The summed E-state index contributed by atoms with van der Waals surface area (Å²) in [5.41, 5.74) is 3.50. The molecule has 4 nitrogen and oxygen atoms in total. The van der Waals surface area contributed by atoms with Gasteiger partial charge in [-0.2, -0.15) is 0 Å². The Bertz CT molecular complexity index is 715. The molecule has 0 aliphatic heterocycles. The van der Waals surface area contributed by atoms with Crippen molar-refractivity contribution in [2.45, 2.75) is 32.3 Å². The van der Waals surface area contributed by atoms with E-state index in [0.29, 0.717) is 12.1 Å². The van der Waals surface area contributed by atoms with Crippen molar-refractivity contribution in [3.63, 3.8) is 0 Å². The zero-order chi connectivity index (χ0) is 17.1. The number of aromatic nitrogens is 1. The zero-order valence-electron chi connectivity index (χ0n) is 14.3. The molecule has 24 heavy (non-hydrogen) atoms. The SMILES string of the molecule is Cc1c(C(=O)N(C)CC2CCCC2O)cccc1-c1ccccn1. The van der Waals surface area contributed by atoms with Gasteiger partial charge in [-0.15, -0.1) is 0 Å². The number of benzene rings is 1. The Morgan fingerprint density at radius 2 is 2.08 bits per heavy atom. The molecule has 1 amide bonds. The number of hydrogen-bond acceptors (Lipinski definition) is 3. The molecule has 1 N–H and O–H groups in total. The van der Waals surface area contributed by atoms with Crippen LogP contribution in [0.15, 0.2) is 42.6 Å². The molecule has 1 saturated carbocycles. The van der Waals surface area contributed by atoms with Crippen LogP contribution in [0.5, 0.6) is 0 Å². The molecule has 2 atom stereocenters. The highest BCUT2D eigenvalue weighted by Crippen LogP contribution is 2.28. The van der Waals surface area contributed by atoms with Gasteiger partial charge in [-0.3, -0.25) is 9.78 Å². The van der Waals surface area contributed by atoms with Crippen molar-refractivity contribution < 1.29 is 9.90 Å². The van der Waals surface area contributed by atoms with Crippen LogP contribution in [0.3, 0.4) is 0 Å². The first-order valence-electron chi connectivity index (χ1n) is 8.52. The lowest BCUT2D eigenvalue weighted by Gasteiger charge is -2.24. The van der Waals surface area contributed by atoms with Crippen LogP contribution in [-0.2, 0) is 0 Å². The number of nitrogens with zero attached hydrogens (tertiary/aromatic N) is 2. The third kappa shape index (κ3) is 3.34. The van der Waals surface area contributed by atoms with E-state index in [1.165, 1.54) is 0 Å². The van der Waals surface area contributed by atoms with E-state index < -0.39 is 0 Å². The predicted octanol–water partition coefficient (Wildman–Crippen LogP) is 3.29. The van der Waals surface area contributed by atoms with Crippen molar-refractivity contribution in [3.8, 4) is 11.3 Å². The van der Waals surface area contributed by atoms with Gasteiger partial charge >= 0.3 is 0 Å². The standard InChI is InChI=1S/C20H24N2O2/c1-14-16(18-10-3-4-12-21-18)8-6-9-17(14)20(24)22(2)13-15-7-5-11-19(15)23/h3-4,6,8-10,12,15,19,23H,5,7,11,13H2,1-2H3. The summed E-state index contributed by atoms with van der Waals surface area (Å²) in [6.45, 7) is 2.57. The number of amides is 1. The topological polar surface area (TPSA) is 53.4 Å². The van der Waals surface area contributed by atoms with Crippen molar-refractivity contribution >= 4 is 5.91 Å². The van der Waals surface area contributed by atoms with Gasteiger partial charge in [0.25, 0.3) is 5.91 Å². The second kappa shape index (κ2) is 7.14. The van der Waals surface area contributed by atoms with E-state index in [1.54, 1.807) is 11.1 Å². The lowest BCUT2D eigenvalue weighted by molar-refractivity contribution is 0.0693. The van der Waals surface area contributed by atoms with Crippen LogP contribution in [0.4, 0.5) is 0 Å². The molecule has 0 spiro atoms. The van der Waals surface area contributed by atoms with E-state index in [0.717, 1.165) is 36.1 Å². The minimum atomic E-state index is -0.277. The maximum Gasteiger partial charge on any atom is 0.253 e. The molecule has 0 bridgehead atoms. The van der Waals surface area contributed by atoms with Crippen LogP contribution < -0.4 is 0 Å². The molecule has 4 heteroatoms. The number of aliphatic hydroxyl groups is 1. The van der Waals surface area contributed by atoms with E-state index >= 15 is 0 Å². The van der Waals surface area contributed by atoms with Gasteiger partial charge in [0.05, 0.1) is 11.8 Å². The molecule has 1 heterocycles. The van der Waals surface area contributed by atoms with Crippen molar-refractivity contribution in [1.82, 2.24) is 9.88 Å². The highest BCUT2D eigenvalue weighted by Gasteiger charge is 2.28. The van der Waals surface area contributed by atoms with Crippen molar-refractivity contribution in [1.29, 1.82) is 0 Å². The van der Waals surface area contributed by atoms with Crippen molar-refractivity contribution in [3.05, 3.63) is 53.7 Å². The molecule has 1 aliphatic rings. The first-order chi connectivity index (χ1) is 11.6. The van der Waals surface area contributed by atoms with Gasteiger partial charge in [-0.25, -0.2) is 0 Å². The first kappa shape index (κ1) is 16.7. The van der Waals surface area contributed by atoms with E-state index in [9.17, 15) is 9.90 Å². The number of rotatable bonds is 4. The Morgan fingerprint density at radius 1 is 1.25 bits per heavy atom. The van der Waals surface area contributed by atoms with Crippen LogP contribution in [-0.4, -0.2) is 40.6 Å². The summed E-state index contributed by atoms with van der Waals surface area (Å²) in [7, 11) is 1.82. The smallest absolute Gasteiger partial charge is 0.253 e. The summed E-state index contributed by atoms with van der Waals surface area (Å²) >= 11 is 0. The minimum absolute atomic E-state index is 0.00406. The summed E-state index contributed by atoms with van der Waals surface area (Å²) in [5, 5.41) is 9.99. The van der Waals surface area contributed by atoms with Crippen LogP contribution in [0, 0.1) is 12.8 Å². The largest absolute Gasteiger partial charge is 0.393 e. The Hall–Kier alpha value is -2.20. The molecule has 0 saturated heterocycles. The van der Waals surface area contributed by atoms with Gasteiger partial charge in [0, 0.05) is 36.8 Å². The maximum atomic E-state index is 12.9. The Morgan fingerprint density at radius 3 is 2.75 bits per heavy atom. The third-order valence-electron chi connectivity index (χ3n) is 4.98. The Balaban J connectivity index is 1.82. The van der Waals surface area contributed by atoms with Crippen LogP contribution in [0.1, 0.15) is 35.2 Å². The third-order valence-corrected chi connectivity index (χ3v) is 4.98. The number of aliphatic hydroxyl groups excluding tert-OH is 1. The minimum Gasteiger partial charge on any atom is -0.393 e. The molecule has 1 aromatic carbocycles. The second-order valence-corrected chi connectivity index (χ2v) is 6.64. The van der Waals surface area contributed by atoms with E-state index in [2.05, 4.69) is 4.98 Å². The van der Waals surface area contributed by atoms with Crippen LogP contribution in [0.25, 0.3) is 11.3 Å². The van der Waals surface area contributed by atoms with E-state index in [1.807, 2.05) is 50.4 Å². The fourth-order valence-electron chi connectivity index (χ4n) is 3.54. The number of carbonyl (C=O) groups excluding carboxylic acids is 1. The van der Waals surface area contributed by atoms with Gasteiger partial charge < -0.3 is 10.0 Å². The first-order valence-corrected chi connectivity index (χ1v) is 8.52. The van der Waals surface area contributed by atoms with Gasteiger partial charge in [0.15, 0.2) is 0 Å². The summed E-state index contributed by atoms with van der Waals surface area (Å²) < 4.78 is 0. The molecule has 1 aromatic heterocycles. The molecule has 3 rings (SSSR count). The fraction of sp³-hybridized carbons (Fsp3) is 0.400. The van der Waals surface area contributed by atoms with Gasteiger partial charge in [0.1, 0.15) is 0 Å². The van der Waals surface area contributed by atoms with Crippen LogP contribution >= 0.6 is 0 Å². The molecule has 1 fully saturated rings. The lowest BCUT2D eigenvalue weighted by Crippen LogP contribution is -2.34. The molecule has 0 radical (unpaired) electrons. The number of pyridine rings is 1. The molecule has 1 aliphatic carbocycles. The quantitative estimate of drug-likeness (QED) is 0.939. The van der Waals surface area contributed by atoms with E-state index in [-0.39, 0.29) is 17.9 Å². The number of hydrogen-bond donors (Lipinski definition) is 1. The molecular formula is C20H24N2O2. The Labute approximate surface area is 143 Å². The van der Waals surface area contributed by atoms with Crippen LogP contribution in [0.2, 0.25) is 0 Å². The number of carbonyl (C=O) groups is 1. The zero-order valence-corrected chi connectivity index (χ0v) is 14.3.